The van der Waals surface area contributed by atoms with Gasteiger partial charge >= 0.3 is 319 Å². The van der Waals surface area contributed by atoms with Gasteiger partial charge in [0.05, 0.1) is 0 Å². The summed E-state index contributed by atoms with van der Waals surface area (Å²) in [6.45, 7) is 4.10. The Kier molecular flexibility index (Phi) is 13.8. The number of fused-ring (bicyclic) bond motifs is 3. The quantitative estimate of drug-likeness (QED) is 0.141. The zero-order chi connectivity index (χ0) is 38.8. The van der Waals surface area contributed by atoms with Crippen molar-refractivity contribution in [2.45, 2.75) is 81.0 Å². The number of amides is 1. The van der Waals surface area contributed by atoms with E-state index in [4.69, 9.17) is 33.2 Å². The van der Waals surface area contributed by atoms with Gasteiger partial charge in [-0.3, -0.25) is 0 Å². The Morgan fingerprint density at radius 2 is 1.20 bits per heavy atom. The maximum absolute atomic E-state index is 13.6. The monoisotopic (exact) mass is 811 g/mol. The van der Waals surface area contributed by atoms with E-state index in [0.29, 0.717) is 0 Å². The van der Waals surface area contributed by atoms with Gasteiger partial charge in [-0.2, -0.15) is 0 Å². The average Bonchev–Trinajstić information content (AvgIpc) is 3.46. The summed E-state index contributed by atoms with van der Waals surface area (Å²) >= 11 is -0.846. The zero-order valence-corrected chi connectivity index (χ0v) is 31.8. The van der Waals surface area contributed by atoms with Crippen molar-refractivity contribution in [3.8, 4) is 11.1 Å². The number of ether oxygens (including phenoxy) is 7. The number of nitrogens with one attached hydrogen (secondary N) is 1. The summed E-state index contributed by atoms with van der Waals surface area (Å²) in [4.78, 5) is 75.5. The Morgan fingerprint density at radius 3 is 1.80 bits per heavy atom. The first-order valence-electron chi connectivity index (χ1n) is 17.2. The Balaban J connectivity index is 1.36. The van der Waals surface area contributed by atoms with Gasteiger partial charge in [-0.25, -0.2) is 0 Å². The summed E-state index contributed by atoms with van der Waals surface area (Å²) < 4.78 is 39.3. The van der Waals surface area contributed by atoms with Gasteiger partial charge in [0.15, 0.2) is 0 Å². The molecule has 3 aromatic carbocycles. The van der Waals surface area contributed by atoms with E-state index < -0.39 is 93.0 Å². The number of esters is 5. The average molecular weight is 811 g/mol. The molecule has 1 aliphatic heterocycles. The molecule has 0 bridgehead atoms. The second-order valence-electron chi connectivity index (χ2n) is 12.5. The zero-order valence-electron chi connectivity index (χ0n) is 30.1. The van der Waals surface area contributed by atoms with Crippen LogP contribution in [0.5, 0.6) is 0 Å². The van der Waals surface area contributed by atoms with E-state index in [1.165, 1.54) is 6.92 Å². The summed E-state index contributed by atoms with van der Waals surface area (Å²) in [5.74, 6) is -3.92. The summed E-state index contributed by atoms with van der Waals surface area (Å²) in [6.07, 6.45) is -6.02. The minimum atomic E-state index is -1.37. The van der Waals surface area contributed by atoms with Gasteiger partial charge in [-0.1, -0.05) is 0 Å². The SMILES string of the molecule is CC(=O)OC[C@H]1O[C@@H]([Se]C[C@H](NC(=O)OCC2c3ccccc3-c3ccccc32)C(=O)OCc2ccccc2)[C@H](OC(C)=O)[C@@H](OC(C)=O)[C@H]1OC(C)=O. The van der Waals surface area contributed by atoms with E-state index >= 15 is 0 Å². The molecular formula is C39H41NO13Se. The molecule has 1 saturated heterocycles. The Bertz CT molecular complexity index is 1790. The van der Waals surface area contributed by atoms with Crippen molar-refractivity contribution in [2.75, 3.05) is 13.2 Å². The van der Waals surface area contributed by atoms with Crippen molar-refractivity contribution in [1.29, 1.82) is 0 Å². The molecule has 1 N–H and O–H groups in total. The summed E-state index contributed by atoms with van der Waals surface area (Å²) in [5.41, 5.74) is 4.85. The molecular weight excluding hydrogens is 769 g/mol. The van der Waals surface area contributed by atoms with E-state index in [1.54, 1.807) is 24.3 Å². The van der Waals surface area contributed by atoms with Crippen LogP contribution in [-0.4, -0.2) is 99.6 Å². The molecule has 54 heavy (non-hydrogen) atoms. The summed E-state index contributed by atoms with van der Waals surface area (Å²) in [7, 11) is 0. The van der Waals surface area contributed by atoms with Crippen molar-refractivity contribution >= 4 is 50.9 Å². The van der Waals surface area contributed by atoms with Gasteiger partial charge in [0.1, 0.15) is 0 Å². The summed E-state index contributed by atoms with van der Waals surface area (Å²) in [6, 6.07) is 23.5. The minimum absolute atomic E-state index is 0.00349. The number of carbonyl (C=O) groups is 6. The van der Waals surface area contributed by atoms with Gasteiger partial charge in [0.25, 0.3) is 0 Å². The van der Waals surface area contributed by atoms with Gasteiger partial charge < -0.3 is 0 Å². The van der Waals surface area contributed by atoms with Crippen LogP contribution in [-0.2, 0) is 63.7 Å². The van der Waals surface area contributed by atoms with Crippen LogP contribution in [0.4, 0.5) is 4.79 Å². The van der Waals surface area contributed by atoms with Crippen LogP contribution in [0.2, 0.25) is 5.32 Å². The van der Waals surface area contributed by atoms with E-state index in [1.807, 2.05) is 54.6 Å². The molecule has 0 saturated carbocycles. The number of alkyl carbamates (subject to hydrolysis) is 1. The molecule has 14 nitrogen and oxygen atoms in total. The third kappa shape index (κ3) is 10.5. The number of carbonyl (C=O) groups excluding carboxylic acids is 6. The van der Waals surface area contributed by atoms with Crippen molar-refractivity contribution in [1.82, 2.24) is 5.32 Å². The molecule has 5 rings (SSSR count). The number of hydrogen-bond donors (Lipinski definition) is 1. The van der Waals surface area contributed by atoms with Gasteiger partial charge in [0.2, 0.25) is 0 Å². The Hall–Kier alpha value is -5.24. The first-order valence-corrected chi connectivity index (χ1v) is 19.4. The molecule has 0 unspecified atom stereocenters. The fourth-order valence-electron chi connectivity index (χ4n) is 6.29. The summed E-state index contributed by atoms with van der Waals surface area (Å²) in [5, 5.41) is 1.52. The van der Waals surface area contributed by atoms with Crippen molar-refractivity contribution in [3.63, 3.8) is 0 Å². The molecule has 2 aliphatic rings. The Morgan fingerprint density at radius 1 is 0.648 bits per heavy atom. The van der Waals surface area contributed by atoms with Gasteiger partial charge in [-0.15, -0.1) is 0 Å². The van der Waals surface area contributed by atoms with Crippen molar-refractivity contribution in [3.05, 3.63) is 95.6 Å². The van der Waals surface area contributed by atoms with Crippen LogP contribution in [0.15, 0.2) is 78.9 Å². The van der Waals surface area contributed by atoms with Crippen molar-refractivity contribution in [2.24, 2.45) is 0 Å². The third-order valence-corrected chi connectivity index (χ3v) is 11.1. The van der Waals surface area contributed by atoms with Crippen LogP contribution in [0.3, 0.4) is 0 Å². The van der Waals surface area contributed by atoms with Crippen LogP contribution >= 0.6 is 0 Å². The molecule has 1 aliphatic carbocycles. The van der Waals surface area contributed by atoms with E-state index in [0.717, 1.165) is 48.6 Å². The first kappa shape index (κ1) is 40.0. The van der Waals surface area contributed by atoms with Gasteiger partial charge in [0, 0.05) is 0 Å². The fourth-order valence-corrected chi connectivity index (χ4v) is 8.86. The molecule has 15 heteroatoms. The topological polar surface area (TPSA) is 179 Å². The predicted octanol–water partition coefficient (Wildman–Crippen LogP) is 3.84. The molecule has 1 amide bonds. The van der Waals surface area contributed by atoms with E-state index in [2.05, 4.69) is 5.32 Å². The second kappa shape index (κ2) is 18.7. The molecule has 0 aromatic heterocycles. The molecule has 286 valence electrons. The Labute approximate surface area is 318 Å². The molecule has 6 atom stereocenters. The maximum atomic E-state index is 13.6. The van der Waals surface area contributed by atoms with Crippen LogP contribution in [0, 0.1) is 0 Å². The van der Waals surface area contributed by atoms with Gasteiger partial charge in [-0.05, 0) is 0 Å². The first-order chi connectivity index (χ1) is 25.9. The standard InChI is InChI=1S/C39H41NO13Se/c1-22(41)47-20-33-34(50-23(2)42)35(51-24(3)43)36(52-25(4)44)38(53-33)54-21-32(37(45)48-18-26-12-6-5-7-13-26)40-39(46)49-19-31-29-16-10-8-14-27(29)28-15-9-11-17-30(28)31/h5-17,31-36,38H,18-21H2,1-4H3,(H,40,46)/t32-,33+,34-,35-,36+,38-/m0/s1. The van der Waals surface area contributed by atoms with Crippen LogP contribution < -0.4 is 5.32 Å². The van der Waals surface area contributed by atoms with Crippen LogP contribution in [0.1, 0.15) is 50.3 Å². The predicted molar refractivity (Wildman–Crippen MR) is 191 cm³/mol. The molecule has 1 fully saturated rings. The van der Waals surface area contributed by atoms with E-state index in [9.17, 15) is 28.8 Å². The number of hydrogen-bond acceptors (Lipinski definition) is 13. The molecule has 0 radical (unpaired) electrons. The molecule has 0 spiro atoms. The molecule has 3 aromatic rings. The van der Waals surface area contributed by atoms with E-state index in [-0.39, 0.29) is 24.5 Å². The second-order valence-corrected chi connectivity index (χ2v) is 14.9. The molecule has 1 heterocycles. The number of rotatable bonds is 14. The fraction of sp³-hybridized carbons (Fsp3) is 0.385. The third-order valence-electron chi connectivity index (χ3n) is 8.52. The van der Waals surface area contributed by atoms with Crippen LogP contribution in [0.25, 0.3) is 11.1 Å². The normalized spacial score (nSPS) is 20.6. The van der Waals surface area contributed by atoms with Crippen molar-refractivity contribution < 1.29 is 61.9 Å². The number of benzene rings is 3.